The van der Waals surface area contributed by atoms with E-state index in [-0.39, 0.29) is 6.61 Å². The fourth-order valence-electron chi connectivity index (χ4n) is 2.05. The number of carbonyl (C=O) groups is 1. The van der Waals surface area contributed by atoms with Crippen LogP contribution in [0.2, 0.25) is 5.02 Å². The van der Waals surface area contributed by atoms with Gasteiger partial charge in [0.1, 0.15) is 11.8 Å². The number of amides is 1. The third-order valence-electron chi connectivity index (χ3n) is 3.23. The van der Waals surface area contributed by atoms with Gasteiger partial charge in [-0.05, 0) is 29.8 Å². The SMILES string of the molecule is COc1cc(/C=N\NC(=O)COc2ccccc2C#N)cc(Cl)c1OC. The summed E-state index contributed by atoms with van der Waals surface area (Å²) in [7, 11) is 2.98. The smallest absolute Gasteiger partial charge is 0.277 e. The Kier molecular flexibility index (Phi) is 6.83. The highest BCUT2D eigenvalue weighted by Gasteiger charge is 2.10. The first-order valence-corrected chi connectivity index (χ1v) is 7.82. The van der Waals surface area contributed by atoms with Gasteiger partial charge in [0.15, 0.2) is 18.1 Å². The number of halogens is 1. The molecule has 7 nitrogen and oxygen atoms in total. The van der Waals surface area contributed by atoms with E-state index >= 15 is 0 Å². The van der Waals surface area contributed by atoms with Crippen molar-refractivity contribution in [2.75, 3.05) is 20.8 Å². The van der Waals surface area contributed by atoms with E-state index in [1.165, 1.54) is 20.4 Å². The lowest BCUT2D eigenvalue weighted by Crippen LogP contribution is -2.24. The van der Waals surface area contributed by atoms with Crippen LogP contribution in [0, 0.1) is 11.3 Å². The number of hydrogen-bond donors (Lipinski definition) is 1. The zero-order valence-corrected chi connectivity index (χ0v) is 14.9. The Bertz CT molecular complexity index is 862. The number of ether oxygens (including phenoxy) is 3. The van der Waals surface area contributed by atoms with Crippen LogP contribution in [0.5, 0.6) is 17.2 Å². The monoisotopic (exact) mass is 373 g/mol. The summed E-state index contributed by atoms with van der Waals surface area (Å²) in [6, 6.07) is 11.9. The van der Waals surface area contributed by atoms with E-state index < -0.39 is 5.91 Å². The highest BCUT2D eigenvalue weighted by molar-refractivity contribution is 6.32. The molecule has 0 aliphatic heterocycles. The molecule has 0 saturated heterocycles. The lowest BCUT2D eigenvalue weighted by Gasteiger charge is -2.10. The van der Waals surface area contributed by atoms with Crippen LogP contribution in [0.4, 0.5) is 0 Å². The molecule has 0 aliphatic carbocycles. The van der Waals surface area contributed by atoms with Gasteiger partial charge < -0.3 is 14.2 Å². The van der Waals surface area contributed by atoms with Crippen molar-refractivity contribution in [3.05, 3.63) is 52.5 Å². The van der Waals surface area contributed by atoms with Gasteiger partial charge >= 0.3 is 0 Å². The lowest BCUT2D eigenvalue weighted by atomic mass is 10.2. The zero-order chi connectivity index (χ0) is 18.9. The van der Waals surface area contributed by atoms with Gasteiger partial charge in [0.25, 0.3) is 5.91 Å². The predicted molar refractivity (Wildman–Crippen MR) is 96.9 cm³/mol. The van der Waals surface area contributed by atoms with Crippen LogP contribution in [0.15, 0.2) is 41.5 Å². The summed E-state index contributed by atoms with van der Waals surface area (Å²) in [6.45, 7) is -0.275. The summed E-state index contributed by atoms with van der Waals surface area (Å²) in [6.07, 6.45) is 1.41. The molecule has 0 saturated carbocycles. The maximum Gasteiger partial charge on any atom is 0.277 e. The highest BCUT2D eigenvalue weighted by Crippen LogP contribution is 2.35. The van der Waals surface area contributed by atoms with Gasteiger partial charge in [-0.2, -0.15) is 10.4 Å². The van der Waals surface area contributed by atoms with E-state index in [2.05, 4.69) is 10.5 Å². The lowest BCUT2D eigenvalue weighted by molar-refractivity contribution is -0.123. The molecule has 2 aromatic rings. The number of nitrogens with zero attached hydrogens (tertiary/aromatic N) is 2. The minimum atomic E-state index is -0.472. The quantitative estimate of drug-likeness (QED) is 0.595. The van der Waals surface area contributed by atoms with Crippen molar-refractivity contribution in [2.45, 2.75) is 0 Å². The van der Waals surface area contributed by atoms with Crippen molar-refractivity contribution in [1.29, 1.82) is 5.26 Å². The molecule has 2 aromatic carbocycles. The maximum atomic E-state index is 11.8. The summed E-state index contributed by atoms with van der Waals surface area (Å²) in [5, 5.41) is 13.2. The molecule has 0 heterocycles. The Morgan fingerprint density at radius 2 is 2.04 bits per heavy atom. The number of carbonyl (C=O) groups excluding carboxylic acids is 1. The number of hydrazone groups is 1. The number of methoxy groups -OCH3 is 2. The molecule has 1 N–H and O–H groups in total. The summed E-state index contributed by atoms with van der Waals surface area (Å²) >= 11 is 6.10. The van der Waals surface area contributed by atoms with E-state index in [4.69, 9.17) is 31.1 Å². The normalized spacial score (nSPS) is 10.2. The third kappa shape index (κ3) is 4.88. The van der Waals surface area contributed by atoms with Crippen LogP contribution in [0.3, 0.4) is 0 Å². The first-order valence-electron chi connectivity index (χ1n) is 7.44. The second kappa shape index (κ2) is 9.30. The molecule has 2 rings (SSSR count). The molecule has 0 fully saturated rings. The van der Waals surface area contributed by atoms with Crippen LogP contribution >= 0.6 is 11.6 Å². The first kappa shape index (κ1) is 19.1. The zero-order valence-electron chi connectivity index (χ0n) is 14.2. The number of benzene rings is 2. The van der Waals surface area contributed by atoms with Gasteiger partial charge in [-0.3, -0.25) is 4.79 Å². The van der Waals surface area contributed by atoms with Crippen molar-refractivity contribution in [3.63, 3.8) is 0 Å². The fourth-order valence-corrected chi connectivity index (χ4v) is 2.35. The van der Waals surface area contributed by atoms with Gasteiger partial charge in [0.2, 0.25) is 0 Å². The molecule has 0 aliphatic rings. The number of nitrogens with one attached hydrogen (secondary N) is 1. The average Bonchev–Trinajstić information content (AvgIpc) is 2.66. The topological polar surface area (TPSA) is 92.9 Å². The average molecular weight is 374 g/mol. The molecular weight excluding hydrogens is 358 g/mol. The van der Waals surface area contributed by atoms with E-state index in [1.807, 2.05) is 6.07 Å². The molecule has 0 spiro atoms. The van der Waals surface area contributed by atoms with E-state index in [9.17, 15) is 4.79 Å². The van der Waals surface area contributed by atoms with Crippen molar-refractivity contribution < 1.29 is 19.0 Å². The number of nitriles is 1. The summed E-state index contributed by atoms with van der Waals surface area (Å²) in [5.41, 5.74) is 3.30. The maximum absolute atomic E-state index is 11.8. The molecule has 0 atom stereocenters. The standard InChI is InChI=1S/C18H16ClN3O4/c1-24-16-8-12(7-14(19)18(16)25-2)10-21-22-17(23)11-26-15-6-4-3-5-13(15)9-20/h3-8,10H,11H2,1-2H3,(H,22,23)/b21-10-. The molecule has 0 aromatic heterocycles. The molecule has 1 amide bonds. The van der Waals surface area contributed by atoms with Gasteiger partial charge in [-0.15, -0.1) is 0 Å². The van der Waals surface area contributed by atoms with Gasteiger partial charge in [0.05, 0.1) is 31.0 Å². The number of para-hydroxylation sites is 1. The fraction of sp³-hybridized carbons (Fsp3) is 0.167. The summed E-state index contributed by atoms with van der Waals surface area (Å²) in [4.78, 5) is 11.8. The van der Waals surface area contributed by atoms with Crippen LogP contribution in [0.25, 0.3) is 0 Å². The number of hydrogen-bond acceptors (Lipinski definition) is 6. The van der Waals surface area contributed by atoms with Gasteiger partial charge in [-0.1, -0.05) is 23.7 Å². The third-order valence-corrected chi connectivity index (χ3v) is 3.51. The van der Waals surface area contributed by atoms with E-state index in [0.29, 0.717) is 33.4 Å². The van der Waals surface area contributed by atoms with Gasteiger partial charge in [-0.25, -0.2) is 5.43 Å². The molecular formula is C18H16ClN3O4. The second-order valence-corrected chi connectivity index (χ2v) is 5.34. The second-order valence-electron chi connectivity index (χ2n) is 4.93. The van der Waals surface area contributed by atoms with E-state index in [1.54, 1.807) is 36.4 Å². The summed E-state index contributed by atoms with van der Waals surface area (Å²) < 4.78 is 15.6. The van der Waals surface area contributed by atoms with Crippen LogP contribution < -0.4 is 19.6 Å². The minimum Gasteiger partial charge on any atom is -0.493 e. The van der Waals surface area contributed by atoms with Crippen molar-refractivity contribution in [1.82, 2.24) is 5.43 Å². The molecule has 0 radical (unpaired) electrons. The van der Waals surface area contributed by atoms with Crippen LogP contribution in [-0.2, 0) is 4.79 Å². The Balaban J connectivity index is 1.95. The van der Waals surface area contributed by atoms with Crippen LogP contribution in [0.1, 0.15) is 11.1 Å². The highest BCUT2D eigenvalue weighted by atomic mass is 35.5. The Morgan fingerprint density at radius 1 is 1.27 bits per heavy atom. The van der Waals surface area contributed by atoms with Crippen molar-refractivity contribution in [2.24, 2.45) is 5.10 Å². The molecule has 0 bridgehead atoms. The Hall–Kier alpha value is -3.24. The molecule has 8 heteroatoms. The Morgan fingerprint density at radius 3 is 2.73 bits per heavy atom. The van der Waals surface area contributed by atoms with Gasteiger partial charge in [0, 0.05) is 0 Å². The first-order chi connectivity index (χ1) is 12.6. The molecule has 134 valence electrons. The molecule has 0 unspecified atom stereocenters. The van der Waals surface area contributed by atoms with Crippen LogP contribution in [-0.4, -0.2) is 32.9 Å². The predicted octanol–water partition coefficient (Wildman–Crippen LogP) is 2.76. The largest absolute Gasteiger partial charge is 0.493 e. The molecule has 26 heavy (non-hydrogen) atoms. The van der Waals surface area contributed by atoms with Crippen molar-refractivity contribution >= 4 is 23.7 Å². The Labute approximate surface area is 155 Å². The van der Waals surface area contributed by atoms with Crippen molar-refractivity contribution in [3.8, 4) is 23.3 Å². The minimum absolute atomic E-state index is 0.275. The van der Waals surface area contributed by atoms with E-state index in [0.717, 1.165) is 0 Å². The summed E-state index contributed by atoms with van der Waals surface area (Å²) in [5.74, 6) is 0.727. The number of rotatable bonds is 7.